The first-order chi connectivity index (χ1) is 8.09. The summed E-state index contributed by atoms with van der Waals surface area (Å²) in [4.78, 5) is 0.267. The third kappa shape index (κ3) is 2.65. The van der Waals surface area contributed by atoms with Gasteiger partial charge in [0.05, 0.1) is 10.6 Å². The van der Waals surface area contributed by atoms with Gasteiger partial charge in [-0.1, -0.05) is 36.4 Å². The molecule has 0 bridgehead atoms. The average Bonchev–Trinajstić information content (AvgIpc) is 2.33. The number of sulfone groups is 1. The molecule has 0 saturated carbocycles. The molecule has 1 N–H and O–H groups in total. The second kappa shape index (κ2) is 4.59. The van der Waals surface area contributed by atoms with Gasteiger partial charge in [0.15, 0.2) is 9.84 Å². The molecule has 0 radical (unpaired) electrons. The van der Waals surface area contributed by atoms with Crippen LogP contribution in [0.3, 0.4) is 0 Å². The average molecular weight is 248 g/mol. The Balaban J connectivity index is 2.34. The van der Waals surface area contributed by atoms with Crippen molar-refractivity contribution in [3.8, 4) is 5.75 Å². The van der Waals surface area contributed by atoms with Gasteiger partial charge in [0, 0.05) is 5.56 Å². The van der Waals surface area contributed by atoms with Crippen LogP contribution < -0.4 is 0 Å². The van der Waals surface area contributed by atoms with E-state index < -0.39 is 9.84 Å². The molecule has 0 atom stereocenters. The monoisotopic (exact) mass is 248 g/mol. The first-order valence-corrected chi connectivity index (χ1v) is 6.79. The third-order valence-electron chi connectivity index (χ3n) is 2.44. The van der Waals surface area contributed by atoms with Crippen LogP contribution in [0.2, 0.25) is 0 Å². The largest absolute Gasteiger partial charge is 0.508 e. The fourth-order valence-corrected chi connectivity index (χ4v) is 2.94. The molecule has 2 rings (SSSR count). The van der Waals surface area contributed by atoms with Crippen molar-refractivity contribution >= 4 is 9.84 Å². The molecule has 17 heavy (non-hydrogen) atoms. The number of aromatic hydroxyl groups is 1. The fraction of sp³-hybridized carbons (Fsp3) is 0.0769. The number of phenolic OH excluding ortho intramolecular Hbond substituents is 1. The second-order valence-corrected chi connectivity index (χ2v) is 5.69. The molecule has 88 valence electrons. The minimum atomic E-state index is -3.40. The van der Waals surface area contributed by atoms with Gasteiger partial charge in [0.1, 0.15) is 5.75 Å². The summed E-state index contributed by atoms with van der Waals surface area (Å²) in [6, 6.07) is 14.7. The molecule has 2 aromatic carbocycles. The van der Waals surface area contributed by atoms with Crippen molar-refractivity contribution in [2.45, 2.75) is 10.6 Å². The lowest BCUT2D eigenvalue weighted by atomic mass is 10.2. The van der Waals surface area contributed by atoms with E-state index in [1.54, 1.807) is 48.5 Å². The molecular weight excluding hydrogens is 236 g/mol. The van der Waals surface area contributed by atoms with Crippen molar-refractivity contribution in [3.05, 3.63) is 60.2 Å². The zero-order valence-corrected chi connectivity index (χ0v) is 9.89. The van der Waals surface area contributed by atoms with Crippen LogP contribution in [0.4, 0.5) is 0 Å². The molecule has 0 heterocycles. The molecular formula is C13H12O3S. The molecule has 0 aliphatic rings. The normalized spacial score (nSPS) is 11.3. The molecule has 3 nitrogen and oxygen atoms in total. The third-order valence-corrected chi connectivity index (χ3v) is 4.12. The smallest absolute Gasteiger partial charge is 0.182 e. The molecule has 0 fully saturated rings. The summed E-state index contributed by atoms with van der Waals surface area (Å²) in [6.07, 6.45) is 0. The van der Waals surface area contributed by atoms with Crippen molar-refractivity contribution in [3.63, 3.8) is 0 Å². The van der Waals surface area contributed by atoms with Crippen LogP contribution in [-0.2, 0) is 15.6 Å². The quantitative estimate of drug-likeness (QED) is 0.907. The summed E-state index contributed by atoms with van der Waals surface area (Å²) >= 11 is 0. The summed E-state index contributed by atoms with van der Waals surface area (Å²) in [5.41, 5.74) is 0.413. The van der Waals surface area contributed by atoms with E-state index in [-0.39, 0.29) is 16.4 Å². The molecule has 0 amide bonds. The molecule has 0 aliphatic heterocycles. The summed E-state index contributed by atoms with van der Waals surface area (Å²) in [5, 5.41) is 9.56. The van der Waals surface area contributed by atoms with Gasteiger partial charge in [-0.3, -0.25) is 0 Å². The number of benzene rings is 2. The zero-order chi connectivity index (χ0) is 12.3. The number of phenols is 1. The standard InChI is InChI=1S/C13H12O3S/c14-13-9-5-4-6-11(13)10-17(15,16)12-7-2-1-3-8-12/h1-9,14H,10H2. The van der Waals surface area contributed by atoms with E-state index in [1.165, 1.54) is 6.07 Å². The number of hydrogen-bond donors (Lipinski definition) is 1. The topological polar surface area (TPSA) is 54.4 Å². The lowest BCUT2D eigenvalue weighted by molar-refractivity contribution is 0.469. The van der Waals surface area contributed by atoms with Gasteiger partial charge in [-0.15, -0.1) is 0 Å². The van der Waals surface area contributed by atoms with E-state index in [0.29, 0.717) is 5.56 Å². The first kappa shape index (κ1) is 11.7. The lowest BCUT2D eigenvalue weighted by Crippen LogP contribution is -2.04. The Morgan fingerprint density at radius 2 is 1.47 bits per heavy atom. The van der Waals surface area contributed by atoms with Gasteiger partial charge in [0.25, 0.3) is 0 Å². The van der Waals surface area contributed by atoms with Crippen molar-refractivity contribution in [2.75, 3.05) is 0 Å². The van der Waals surface area contributed by atoms with Crippen LogP contribution in [0.25, 0.3) is 0 Å². The highest BCUT2D eigenvalue weighted by Gasteiger charge is 2.16. The van der Waals surface area contributed by atoms with Crippen molar-refractivity contribution < 1.29 is 13.5 Å². The second-order valence-electron chi connectivity index (χ2n) is 3.70. The highest BCUT2D eigenvalue weighted by Crippen LogP contribution is 2.22. The number of hydrogen-bond acceptors (Lipinski definition) is 3. The molecule has 0 unspecified atom stereocenters. The van der Waals surface area contributed by atoms with Gasteiger partial charge < -0.3 is 5.11 Å². The van der Waals surface area contributed by atoms with E-state index in [1.807, 2.05) is 0 Å². The van der Waals surface area contributed by atoms with E-state index in [0.717, 1.165) is 0 Å². The maximum Gasteiger partial charge on any atom is 0.182 e. The van der Waals surface area contributed by atoms with Crippen LogP contribution in [-0.4, -0.2) is 13.5 Å². The molecule has 4 heteroatoms. The molecule has 0 saturated heterocycles. The van der Waals surface area contributed by atoms with E-state index in [2.05, 4.69) is 0 Å². The predicted molar refractivity (Wildman–Crippen MR) is 65.4 cm³/mol. The van der Waals surface area contributed by atoms with Crippen molar-refractivity contribution in [2.24, 2.45) is 0 Å². The maximum atomic E-state index is 12.0. The molecule has 0 aliphatic carbocycles. The van der Waals surface area contributed by atoms with Gasteiger partial charge in [-0.05, 0) is 18.2 Å². The first-order valence-electron chi connectivity index (χ1n) is 5.14. The van der Waals surface area contributed by atoms with Crippen molar-refractivity contribution in [1.82, 2.24) is 0 Å². The van der Waals surface area contributed by atoms with Gasteiger partial charge in [-0.25, -0.2) is 8.42 Å². The number of para-hydroxylation sites is 1. The van der Waals surface area contributed by atoms with Crippen LogP contribution in [0.5, 0.6) is 5.75 Å². The van der Waals surface area contributed by atoms with Gasteiger partial charge >= 0.3 is 0 Å². The minimum absolute atomic E-state index is 0.00649. The van der Waals surface area contributed by atoms with Crippen LogP contribution >= 0.6 is 0 Å². The molecule has 2 aromatic rings. The minimum Gasteiger partial charge on any atom is -0.508 e. The number of rotatable bonds is 3. The maximum absolute atomic E-state index is 12.0. The Morgan fingerprint density at radius 3 is 2.12 bits per heavy atom. The highest BCUT2D eigenvalue weighted by molar-refractivity contribution is 7.90. The lowest BCUT2D eigenvalue weighted by Gasteiger charge is -2.06. The Morgan fingerprint density at radius 1 is 0.882 bits per heavy atom. The summed E-state index contributed by atoms with van der Waals surface area (Å²) in [7, 11) is -3.40. The van der Waals surface area contributed by atoms with Crippen molar-refractivity contribution in [1.29, 1.82) is 0 Å². The molecule has 0 spiro atoms. The predicted octanol–water partition coefficient (Wildman–Crippen LogP) is 2.37. The van der Waals surface area contributed by atoms with Gasteiger partial charge in [-0.2, -0.15) is 0 Å². The Bertz CT molecular complexity index is 604. The van der Waals surface area contributed by atoms with E-state index >= 15 is 0 Å². The highest BCUT2D eigenvalue weighted by atomic mass is 32.2. The zero-order valence-electron chi connectivity index (χ0n) is 9.08. The summed E-state index contributed by atoms with van der Waals surface area (Å²) in [5.74, 6) is -0.184. The van der Waals surface area contributed by atoms with Gasteiger partial charge in [0.2, 0.25) is 0 Å². The Kier molecular flexibility index (Phi) is 3.15. The summed E-state index contributed by atoms with van der Waals surface area (Å²) < 4.78 is 24.1. The van der Waals surface area contributed by atoms with Crippen LogP contribution in [0.1, 0.15) is 5.56 Å². The molecule has 0 aromatic heterocycles. The van der Waals surface area contributed by atoms with Crippen LogP contribution in [0, 0.1) is 0 Å². The SMILES string of the molecule is O=S(=O)(Cc1ccccc1O)c1ccccc1. The van der Waals surface area contributed by atoms with Crippen LogP contribution in [0.15, 0.2) is 59.5 Å². The van der Waals surface area contributed by atoms with E-state index in [9.17, 15) is 13.5 Å². The summed E-state index contributed by atoms with van der Waals surface area (Å²) in [6.45, 7) is 0. The Hall–Kier alpha value is -1.81. The Labute approximate surface area is 100 Å². The fourth-order valence-electron chi connectivity index (χ4n) is 1.55. The van der Waals surface area contributed by atoms with E-state index in [4.69, 9.17) is 0 Å².